The van der Waals surface area contributed by atoms with Crippen molar-refractivity contribution in [3.63, 3.8) is 0 Å². The lowest BCUT2D eigenvalue weighted by Crippen LogP contribution is -2.28. The van der Waals surface area contributed by atoms with Gasteiger partial charge in [-0.15, -0.1) is 0 Å². The van der Waals surface area contributed by atoms with Gasteiger partial charge in [-0.25, -0.2) is 0 Å². The van der Waals surface area contributed by atoms with Crippen LogP contribution in [0, 0.1) is 11.3 Å². The first kappa shape index (κ1) is 22.6. The van der Waals surface area contributed by atoms with Gasteiger partial charge in [-0.2, -0.15) is 5.26 Å². The first-order valence-corrected chi connectivity index (χ1v) is 13.6. The van der Waals surface area contributed by atoms with Gasteiger partial charge in [0.05, 0.1) is 28.1 Å². The van der Waals surface area contributed by atoms with E-state index in [0.717, 1.165) is 11.3 Å². The van der Waals surface area contributed by atoms with Crippen LogP contribution in [-0.4, -0.2) is 4.57 Å². The lowest BCUT2D eigenvalue weighted by atomic mass is 9.67. The van der Waals surface area contributed by atoms with E-state index in [1.54, 1.807) is 0 Å². The van der Waals surface area contributed by atoms with Gasteiger partial charge in [-0.3, -0.25) is 0 Å². The second kappa shape index (κ2) is 8.56. The molecule has 0 bridgehead atoms. The highest BCUT2D eigenvalue weighted by molar-refractivity contribution is 6.09. The highest BCUT2D eigenvalue weighted by atomic mass is 15.0. The first-order valence-electron chi connectivity index (χ1n) is 13.6. The molecule has 2 nitrogen and oxygen atoms in total. The zero-order valence-electron chi connectivity index (χ0n) is 21.8. The minimum absolute atomic E-state index is 0.561. The molecular formula is C38H24N2. The van der Waals surface area contributed by atoms with Gasteiger partial charge in [0.15, 0.2) is 0 Å². The summed E-state index contributed by atoms with van der Waals surface area (Å²) in [7, 11) is 0. The van der Waals surface area contributed by atoms with E-state index >= 15 is 0 Å². The molecule has 0 N–H and O–H groups in total. The summed E-state index contributed by atoms with van der Waals surface area (Å²) in [6.07, 6.45) is 0. The number of hydrogen-bond acceptors (Lipinski definition) is 1. The molecular weight excluding hydrogens is 484 g/mol. The van der Waals surface area contributed by atoms with Gasteiger partial charge in [0.2, 0.25) is 0 Å². The van der Waals surface area contributed by atoms with E-state index < -0.39 is 5.41 Å². The average molecular weight is 509 g/mol. The largest absolute Gasteiger partial charge is 0.309 e. The minimum atomic E-state index is -0.561. The zero-order valence-corrected chi connectivity index (χ0v) is 21.8. The Balaban J connectivity index is 1.52. The molecule has 0 atom stereocenters. The van der Waals surface area contributed by atoms with Crippen LogP contribution in [0.25, 0.3) is 38.6 Å². The molecule has 0 fully saturated rings. The van der Waals surface area contributed by atoms with Crippen LogP contribution in [0.2, 0.25) is 0 Å². The molecule has 7 aromatic rings. The molecule has 40 heavy (non-hydrogen) atoms. The van der Waals surface area contributed by atoms with Crippen LogP contribution in [0.5, 0.6) is 0 Å². The Morgan fingerprint density at radius 3 is 1.57 bits per heavy atom. The van der Waals surface area contributed by atoms with Crippen molar-refractivity contribution in [2.24, 2.45) is 0 Å². The molecule has 0 unspecified atom stereocenters. The predicted octanol–water partition coefficient (Wildman–Crippen LogP) is 9.02. The highest BCUT2D eigenvalue weighted by Gasteiger charge is 2.46. The molecule has 0 amide bonds. The quantitative estimate of drug-likeness (QED) is 0.234. The van der Waals surface area contributed by atoms with Gasteiger partial charge in [-0.05, 0) is 69.8 Å². The number of fused-ring (bicyclic) bond motifs is 6. The summed E-state index contributed by atoms with van der Waals surface area (Å²) >= 11 is 0. The second-order valence-corrected chi connectivity index (χ2v) is 10.5. The van der Waals surface area contributed by atoms with Crippen LogP contribution < -0.4 is 0 Å². The Labute approximate surface area is 233 Å². The van der Waals surface area contributed by atoms with Gasteiger partial charge < -0.3 is 4.57 Å². The van der Waals surface area contributed by atoms with Crippen LogP contribution in [0.4, 0.5) is 0 Å². The standard InChI is InChI=1S/C38H24N2/c39-25-26-19-21-30-31-22-20-29(40-36-17-9-7-15-32(36)33-16-8-10-18-37(33)40)24-35(31)38(34(30)23-26,27-11-3-1-4-12-27)28-13-5-2-6-14-28/h1-24H. The normalized spacial score (nSPS) is 13.2. The Morgan fingerprint density at radius 2 is 1.00 bits per heavy atom. The third-order valence-corrected chi connectivity index (χ3v) is 8.50. The van der Waals surface area contributed by atoms with E-state index in [9.17, 15) is 5.26 Å². The van der Waals surface area contributed by atoms with Gasteiger partial charge >= 0.3 is 0 Å². The molecule has 1 aliphatic carbocycles. The van der Waals surface area contributed by atoms with Crippen molar-refractivity contribution in [1.29, 1.82) is 5.26 Å². The second-order valence-electron chi connectivity index (χ2n) is 10.5. The van der Waals surface area contributed by atoms with Crippen molar-refractivity contribution < 1.29 is 0 Å². The number of hydrogen-bond donors (Lipinski definition) is 0. The van der Waals surface area contributed by atoms with E-state index in [-0.39, 0.29) is 0 Å². The van der Waals surface area contributed by atoms with E-state index in [1.807, 2.05) is 6.07 Å². The third kappa shape index (κ3) is 2.98. The molecule has 0 aliphatic heterocycles. The van der Waals surface area contributed by atoms with E-state index in [0.29, 0.717) is 5.56 Å². The lowest BCUT2D eigenvalue weighted by molar-refractivity contribution is 0.767. The van der Waals surface area contributed by atoms with Crippen LogP contribution >= 0.6 is 0 Å². The van der Waals surface area contributed by atoms with Gasteiger partial charge in [0, 0.05) is 16.5 Å². The average Bonchev–Trinajstić information content (AvgIpc) is 3.52. The summed E-state index contributed by atoms with van der Waals surface area (Å²) in [6, 6.07) is 54.2. The molecule has 0 saturated carbocycles. The van der Waals surface area contributed by atoms with Crippen molar-refractivity contribution in [3.8, 4) is 22.9 Å². The summed E-state index contributed by atoms with van der Waals surface area (Å²) in [6.45, 7) is 0. The number of para-hydroxylation sites is 2. The van der Waals surface area contributed by atoms with Gasteiger partial charge in [-0.1, -0.05) is 109 Å². The van der Waals surface area contributed by atoms with E-state index in [4.69, 9.17) is 0 Å². The van der Waals surface area contributed by atoms with Crippen LogP contribution in [0.3, 0.4) is 0 Å². The molecule has 0 spiro atoms. The van der Waals surface area contributed by atoms with Crippen molar-refractivity contribution in [1.82, 2.24) is 4.57 Å². The molecule has 1 heterocycles. The van der Waals surface area contributed by atoms with E-state index in [2.05, 4.69) is 150 Å². The molecule has 0 saturated heterocycles. The molecule has 8 rings (SSSR count). The van der Waals surface area contributed by atoms with Crippen molar-refractivity contribution in [2.45, 2.75) is 5.41 Å². The molecule has 0 radical (unpaired) electrons. The maximum absolute atomic E-state index is 9.91. The van der Waals surface area contributed by atoms with Crippen LogP contribution in [0.15, 0.2) is 146 Å². The van der Waals surface area contributed by atoms with E-state index in [1.165, 1.54) is 49.6 Å². The monoisotopic (exact) mass is 508 g/mol. The molecule has 1 aliphatic rings. The summed E-state index contributed by atoms with van der Waals surface area (Å²) in [4.78, 5) is 0. The SMILES string of the molecule is N#Cc1ccc2c(c1)C(c1ccccc1)(c1ccccc1)c1cc(-n3c4ccccc4c4ccccc43)ccc1-2. The Morgan fingerprint density at radius 1 is 0.500 bits per heavy atom. The summed E-state index contributed by atoms with van der Waals surface area (Å²) < 4.78 is 2.38. The number of nitriles is 1. The smallest absolute Gasteiger partial charge is 0.0991 e. The maximum atomic E-state index is 9.91. The van der Waals surface area contributed by atoms with Crippen molar-refractivity contribution in [2.75, 3.05) is 0 Å². The fourth-order valence-corrected chi connectivity index (χ4v) is 6.89. The summed E-state index contributed by atoms with van der Waals surface area (Å²) in [5, 5.41) is 12.4. The first-order chi connectivity index (χ1) is 19.8. The number of rotatable bonds is 3. The number of benzene rings is 6. The highest BCUT2D eigenvalue weighted by Crippen LogP contribution is 2.56. The molecule has 2 heteroatoms. The molecule has 6 aromatic carbocycles. The maximum Gasteiger partial charge on any atom is 0.0991 e. The Hall–Kier alpha value is -5.39. The minimum Gasteiger partial charge on any atom is -0.309 e. The molecule has 1 aromatic heterocycles. The fraction of sp³-hybridized carbons (Fsp3) is 0.0263. The number of nitrogens with zero attached hydrogens (tertiary/aromatic N) is 2. The van der Waals surface area contributed by atoms with Gasteiger partial charge in [0.1, 0.15) is 0 Å². The zero-order chi connectivity index (χ0) is 26.7. The number of aromatic nitrogens is 1. The fourth-order valence-electron chi connectivity index (χ4n) is 6.89. The summed E-state index contributed by atoms with van der Waals surface area (Å²) in [5.41, 5.74) is 10.8. The summed E-state index contributed by atoms with van der Waals surface area (Å²) in [5.74, 6) is 0. The van der Waals surface area contributed by atoms with Crippen LogP contribution in [-0.2, 0) is 5.41 Å². The molecule has 186 valence electrons. The van der Waals surface area contributed by atoms with Crippen molar-refractivity contribution in [3.05, 3.63) is 173 Å². The Bertz CT molecular complexity index is 2020. The van der Waals surface area contributed by atoms with Crippen molar-refractivity contribution >= 4 is 21.8 Å². The van der Waals surface area contributed by atoms with Crippen LogP contribution in [0.1, 0.15) is 27.8 Å². The lowest BCUT2D eigenvalue weighted by Gasteiger charge is -2.34. The van der Waals surface area contributed by atoms with Gasteiger partial charge in [0.25, 0.3) is 0 Å². The predicted molar refractivity (Wildman–Crippen MR) is 163 cm³/mol. The Kier molecular flexibility index (Phi) is 4.83. The third-order valence-electron chi connectivity index (χ3n) is 8.50. The topological polar surface area (TPSA) is 28.7 Å².